The maximum atomic E-state index is 7.22. The van der Waals surface area contributed by atoms with E-state index in [-0.39, 0.29) is 11.0 Å². The van der Waals surface area contributed by atoms with E-state index in [1.54, 1.807) is 0 Å². The number of nitrogens with two attached hydrogens (primary N) is 1. The molecule has 0 aromatic carbocycles. The van der Waals surface area contributed by atoms with E-state index in [2.05, 4.69) is 67.7 Å². The zero-order valence-electron chi connectivity index (χ0n) is 22.8. The van der Waals surface area contributed by atoms with Gasteiger partial charge in [0, 0.05) is 5.54 Å². The van der Waals surface area contributed by atoms with Crippen LogP contribution in [-0.2, 0) is 0 Å². The third-order valence-electron chi connectivity index (χ3n) is 13.2. The van der Waals surface area contributed by atoms with Crippen LogP contribution < -0.4 is 5.73 Å². The number of hydrogen-bond donors (Lipinski definition) is 1. The van der Waals surface area contributed by atoms with Crippen molar-refractivity contribution in [3.63, 3.8) is 0 Å². The largest absolute Gasteiger partial charge is 0.325 e. The first-order valence-corrected chi connectivity index (χ1v) is 14.0. The van der Waals surface area contributed by atoms with Gasteiger partial charge in [-0.05, 0) is 128 Å². The molecule has 0 heterocycles. The monoisotopic (exact) mass is 449 g/mol. The highest BCUT2D eigenvalue weighted by molar-refractivity contribution is 5.37. The number of rotatable bonds is 2. The molecule has 0 unspecified atom stereocenters. The minimum Gasteiger partial charge on any atom is -0.325 e. The fraction of sp³-hybridized carbons (Fsp3) is 0.812. The molecule has 0 radical (unpaired) electrons. The van der Waals surface area contributed by atoms with Crippen LogP contribution in [0.5, 0.6) is 0 Å². The fourth-order valence-electron chi connectivity index (χ4n) is 11.5. The van der Waals surface area contributed by atoms with Crippen molar-refractivity contribution in [2.45, 2.75) is 112 Å². The molecule has 4 fully saturated rings. The molecule has 1 heteroatoms. The minimum atomic E-state index is 0.0596. The van der Waals surface area contributed by atoms with E-state index in [9.17, 15) is 0 Å². The summed E-state index contributed by atoms with van der Waals surface area (Å²) in [6.07, 6.45) is 14.4. The number of hydrogen-bond acceptors (Lipinski definition) is 1. The summed E-state index contributed by atoms with van der Waals surface area (Å²) < 4.78 is 0. The van der Waals surface area contributed by atoms with Crippen LogP contribution in [0.4, 0.5) is 0 Å². The topological polar surface area (TPSA) is 26.0 Å². The van der Waals surface area contributed by atoms with E-state index in [0.29, 0.717) is 28.1 Å². The summed E-state index contributed by atoms with van der Waals surface area (Å²) in [5, 5.41) is 0. The minimum absolute atomic E-state index is 0.0596. The van der Waals surface area contributed by atoms with Crippen molar-refractivity contribution in [1.29, 1.82) is 0 Å². The molecule has 0 saturated heterocycles. The van der Waals surface area contributed by atoms with Crippen LogP contribution >= 0.6 is 0 Å². The molecule has 9 atom stereocenters. The first kappa shape index (κ1) is 23.9. The first-order chi connectivity index (χ1) is 15.2. The smallest absolute Gasteiger partial charge is 0.0191 e. The Balaban J connectivity index is 1.55. The lowest BCUT2D eigenvalue weighted by Gasteiger charge is -2.72. The van der Waals surface area contributed by atoms with Crippen LogP contribution in [0.25, 0.3) is 0 Å². The molecule has 5 aliphatic carbocycles. The van der Waals surface area contributed by atoms with Crippen molar-refractivity contribution in [2.75, 3.05) is 0 Å². The van der Waals surface area contributed by atoms with Gasteiger partial charge in [0.2, 0.25) is 0 Å². The molecule has 5 aliphatic rings. The molecular weight excluding hydrogens is 398 g/mol. The second-order valence-electron chi connectivity index (χ2n) is 14.7. The van der Waals surface area contributed by atoms with Gasteiger partial charge in [-0.3, -0.25) is 0 Å². The van der Waals surface area contributed by atoms with E-state index >= 15 is 0 Å². The van der Waals surface area contributed by atoms with E-state index < -0.39 is 0 Å². The second kappa shape index (κ2) is 7.11. The summed E-state index contributed by atoms with van der Waals surface area (Å²) in [7, 11) is 0. The maximum Gasteiger partial charge on any atom is 0.0191 e. The van der Waals surface area contributed by atoms with E-state index in [1.165, 1.54) is 74.5 Å². The molecule has 0 aliphatic heterocycles. The van der Waals surface area contributed by atoms with Crippen molar-refractivity contribution < 1.29 is 0 Å². The zero-order valence-corrected chi connectivity index (χ0v) is 22.8. The summed E-state index contributed by atoms with van der Waals surface area (Å²) in [6, 6.07) is 0. The van der Waals surface area contributed by atoms with Crippen molar-refractivity contribution in [3.05, 3.63) is 36.0 Å². The Labute approximate surface area is 204 Å². The lowest BCUT2D eigenvalue weighted by atomic mass is 9.33. The SMILES string of the molecule is C=C(C)C1=CC[C@]2(C)[C@H]3CC[C@@H]4[C@H]5[C@H](C(=C)C)CC[C@]5(N)CC[C@@]4(C)[C@]3(C)CC[C@H]2C1(C)C. The average Bonchev–Trinajstić information content (AvgIpc) is 3.05. The summed E-state index contributed by atoms with van der Waals surface area (Å²) >= 11 is 0. The van der Waals surface area contributed by atoms with Gasteiger partial charge in [0.25, 0.3) is 0 Å². The second-order valence-corrected chi connectivity index (χ2v) is 14.7. The quantitative estimate of drug-likeness (QED) is 0.420. The Bertz CT molecular complexity index is 907. The molecular formula is C32H51N. The molecule has 0 bridgehead atoms. The van der Waals surface area contributed by atoms with Gasteiger partial charge in [-0.25, -0.2) is 0 Å². The van der Waals surface area contributed by atoms with Crippen LogP contribution in [0.15, 0.2) is 36.0 Å². The molecule has 0 aromatic heterocycles. The van der Waals surface area contributed by atoms with Crippen LogP contribution in [0.2, 0.25) is 0 Å². The van der Waals surface area contributed by atoms with E-state index in [4.69, 9.17) is 5.73 Å². The molecule has 184 valence electrons. The molecule has 0 amide bonds. The van der Waals surface area contributed by atoms with Gasteiger partial charge in [0.1, 0.15) is 0 Å². The third-order valence-corrected chi connectivity index (χ3v) is 13.2. The molecule has 5 rings (SSSR count). The Morgan fingerprint density at radius 2 is 1.55 bits per heavy atom. The first-order valence-electron chi connectivity index (χ1n) is 14.0. The molecule has 4 saturated carbocycles. The Morgan fingerprint density at radius 3 is 2.18 bits per heavy atom. The molecule has 0 spiro atoms. The Kier molecular flexibility index (Phi) is 5.15. The van der Waals surface area contributed by atoms with Crippen molar-refractivity contribution in [3.8, 4) is 0 Å². The predicted molar refractivity (Wildman–Crippen MR) is 142 cm³/mol. The van der Waals surface area contributed by atoms with Gasteiger partial charge in [-0.2, -0.15) is 0 Å². The molecule has 1 nitrogen and oxygen atoms in total. The summed E-state index contributed by atoms with van der Waals surface area (Å²) in [6.45, 7) is 26.5. The molecule has 0 aromatic rings. The van der Waals surface area contributed by atoms with Crippen molar-refractivity contribution in [1.82, 2.24) is 0 Å². The van der Waals surface area contributed by atoms with Crippen molar-refractivity contribution >= 4 is 0 Å². The Hall–Kier alpha value is -0.820. The van der Waals surface area contributed by atoms with Gasteiger partial charge in [-0.1, -0.05) is 65.0 Å². The van der Waals surface area contributed by atoms with Gasteiger partial charge in [0.15, 0.2) is 0 Å². The lowest BCUT2D eigenvalue weighted by molar-refractivity contribution is -0.219. The third kappa shape index (κ3) is 2.87. The van der Waals surface area contributed by atoms with Gasteiger partial charge in [0.05, 0.1) is 0 Å². The average molecular weight is 450 g/mol. The van der Waals surface area contributed by atoms with Crippen molar-refractivity contribution in [2.24, 2.45) is 57.0 Å². The lowest BCUT2D eigenvalue weighted by Crippen LogP contribution is -2.67. The van der Waals surface area contributed by atoms with Crippen LogP contribution in [0.3, 0.4) is 0 Å². The highest BCUT2D eigenvalue weighted by Crippen LogP contribution is 2.76. The maximum absolute atomic E-state index is 7.22. The number of fused-ring (bicyclic) bond motifs is 7. The summed E-state index contributed by atoms with van der Waals surface area (Å²) in [5.41, 5.74) is 12.9. The summed E-state index contributed by atoms with van der Waals surface area (Å²) in [5.74, 6) is 3.62. The highest BCUT2D eigenvalue weighted by Gasteiger charge is 2.69. The van der Waals surface area contributed by atoms with E-state index in [1.807, 2.05) is 0 Å². The van der Waals surface area contributed by atoms with Crippen LogP contribution in [0.1, 0.15) is 106 Å². The van der Waals surface area contributed by atoms with Crippen LogP contribution in [0, 0.1) is 51.2 Å². The standard InChI is InChI=1S/C32H51N/c1-20(2)22-12-17-32(33)19-18-30(8)24(27(22)32)10-11-26-29(7)15-13-23(21(3)4)28(5,6)25(29)14-16-31(26,30)9/h13,22,24-27H,1,3,10-12,14-19,33H2,2,4-9H3/t22-,24+,25-,26+,27+,29-,30+,31+,32-/m0/s1. The van der Waals surface area contributed by atoms with Gasteiger partial charge >= 0.3 is 0 Å². The molecule has 33 heavy (non-hydrogen) atoms. The van der Waals surface area contributed by atoms with E-state index in [0.717, 1.165) is 17.8 Å². The number of allylic oxidation sites excluding steroid dienone is 4. The van der Waals surface area contributed by atoms with Gasteiger partial charge < -0.3 is 5.73 Å². The summed E-state index contributed by atoms with van der Waals surface area (Å²) in [4.78, 5) is 0. The zero-order chi connectivity index (χ0) is 24.2. The van der Waals surface area contributed by atoms with Gasteiger partial charge in [-0.15, -0.1) is 0 Å². The highest BCUT2D eigenvalue weighted by atomic mass is 14.8. The Morgan fingerprint density at radius 1 is 0.848 bits per heavy atom. The fourth-order valence-corrected chi connectivity index (χ4v) is 11.5. The molecule has 2 N–H and O–H groups in total. The predicted octanol–water partition coefficient (Wildman–Crippen LogP) is 8.47. The van der Waals surface area contributed by atoms with Crippen LogP contribution in [-0.4, -0.2) is 5.54 Å². The normalized spacial score (nSPS) is 52.6.